The molecule has 4 rings (SSSR count). The first-order valence-corrected chi connectivity index (χ1v) is 9.28. The van der Waals surface area contributed by atoms with Gasteiger partial charge in [-0.2, -0.15) is 5.26 Å². The summed E-state index contributed by atoms with van der Waals surface area (Å²) in [6, 6.07) is 16.8. The van der Waals surface area contributed by atoms with E-state index in [9.17, 15) is 10.1 Å². The smallest absolute Gasteiger partial charge is 0.412 e. The molecule has 0 atom stereocenters. The number of hydrogen-bond acceptors (Lipinski definition) is 6. The second-order valence-electron chi connectivity index (χ2n) is 6.70. The van der Waals surface area contributed by atoms with Gasteiger partial charge >= 0.3 is 6.09 Å². The van der Waals surface area contributed by atoms with E-state index in [0.29, 0.717) is 41.7 Å². The van der Waals surface area contributed by atoms with Gasteiger partial charge in [0.05, 0.1) is 43.1 Å². The van der Waals surface area contributed by atoms with Crippen molar-refractivity contribution in [2.75, 3.05) is 18.2 Å². The van der Waals surface area contributed by atoms with Gasteiger partial charge in [0.25, 0.3) is 0 Å². The summed E-state index contributed by atoms with van der Waals surface area (Å²) in [4.78, 5) is 12.2. The number of amides is 1. The lowest BCUT2D eigenvalue weighted by Crippen LogP contribution is -2.14. The topological polar surface area (TPSA) is 112 Å². The van der Waals surface area contributed by atoms with Gasteiger partial charge in [-0.05, 0) is 17.7 Å². The van der Waals surface area contributed by atoms with Crippen molar-refractivity contribution in [1.29, 1.82) is 5.26 Å². The molecule has 2 aromatic carbocycles. The van der Waals surface area contributed by atoms with Crippen LogP contribution in [0.4, 0.5) is 16.2 Å². The summed E-state index contributed by atoms with van der Waals surface area (Å²) in [7, 11) is 1.50. The Morgan fingerprint density at radius 2 is 2.07 bits per heavy atom. The van der Waals surface area contributed by atoms with Gasteiger partial charge in [-0.25, -0.2) is 4.79 Å². The molecule has 3 N–H and O–H groups in total. The molecule has 0 unspecified atom stereocenters. The van der Waals surface area contributed by atoms with Crippen molar-refractivity contribution in [2.24, 2.45) is 0 Å². The highest BCUT2D eigenvalue weighted by Gasteiger charge is 2.26. The van der Waals surface area contributed by atoms with Crippen LogP contribution in [-0.2, 0) is 29.3 Å². The number of hydrogen-bond donors (Lipinski definition) is 2. The van der Waals surface area contributed by atoms with Crippen LogP contribution >= 0.6 is 0 Å². The van der Waals surface area contributed by atoms with E-state index >= 15 is 0 Å². The molecule has 152 valence electrons. The van der Waals surface area contributed by atoms with Gasteiger partial charge in [-0.1, -0.05) is 30.3 Å². The van der Waals surface area contributed by atoms with Gasteiger partial charge in [-0.15, -0.1) is 0 Å². The molecule has 1 aromatic heterocycles. The second kappa shape index (κ2) is 8.19. The predicted octanol–water partition coefficient (Wildman–Crippen LogP) is 3.72. The van der Waals surface area contributed by atoms with Gasteiger partial charge in [0.2, 0.25) is 0 Å². The average Bonchev–Trinajstić information content (AvgIpc) is 3.35. The van der Waals surface area contributed by atoms with E-state index < -0.39 is 6.09 Å². The number of rotatable bonds is 5. The third kappa shape index (κ3) is 3.54. The van der Waals surface area contributed by atoms with Crippen LogP contribution in [0, 0.1) is 11.3 Å². The number of methoxy groups -OCH3 is 1. The second-order valence-corrected chi connectivity index (χ2v) is 6.70. The van der Waals surface area contributed by atoms with Crippen LogP contribution in [0.25, 0.3) is 5.69 Å². The number of benzene rings is 2. The molecule has 0 radical (unpaired) electrons. The minimum Gasteiger partial charge on any atom is -0.494 e. The molecule has 30 heavy (non-hydrogen) atoms. The number of ether oxygens (including phenoxy) is 3. The zero-order valence-corrected chi connectivity index (χ0v) is 16.3. The monoisotopic (exact) mass is 404 g/mol. The fourth-order valence-electron chi connectivity index (χ4n) is 3.44. The SMILES string of the molecule is COc1cc(-n2c(C#N)c(N)c3c2COC3)ccc1NC(=O)OCc1ccccc1. The zero-order valence-electron chi connectivity index (χ0n) is 16.3. The first-order valence-electron chi connectivity index (χ1n) is 9.28. The van der Waals surface area contributed by atoms with Gasteiger partial charge in [0.1, 0.15) is 24.1 Å². The number of carbonyl (C=O) groups excluding carboxylic acids is 1. The molecule has 8 nitrogen and oxygen atoms in total. The molecular weight excluding hydrogens is 384 g/mol. The van der Waals surface area contributed by atoms with E-state index in [1.807, 2.05) is 30.3 Å². The molecule has 1 aliphatic rings. The lowest BCUT2D eigenvalue weighted by Gasteiger charge is -2.14. The number of nitriles is 1. The van der Waals surface area contributed by atoms with E-state index in [-0.39, 0.29) is 6.61 Å². The highest BCUT2D eigenvalue weighted by atomic mass is 16.5. The number of nitrogens with zero attached hydrogens (tertiary/aromatic N) is 2. The fraction of sp³-hybridized carbons (Fsp3) is 0.182. The Kier molecular flexibility index (Phi) is 5.28. The Morgan fingerprint density at radius 3 is 2.80 bits per heavy atom. The molecule has 1 amide bonds. The molecule has 2 heterocycles. The predicted molar refractivity (Wildman–Crippen MR) is 110 cm³/mol. The van der Waals surface area contributed by atoms with Crippen LogP contribution in [0.1, 0.15) is 22.5 Å². The minimum absolute atomic E-state index is 0.160. The van der Waals surface area contributed by atoms with Gasteiger partial charge in [0, 0.05) is 11.6 Å². The normalized spacial score (nSPS) is 12.1. The highest BCUT2D eigenvalue weighted by Crippen LogP contribution is 2.36. The maximum atomic E-state index is 12.2. The Bertz CT molecular complexity index is 1130. The summed E-state index contributed by atoms with van der Waals surface area (Å²) in [5.41, 5.74) is 10.6. The van der Waals surface area contributed by atoms with Crippen molar-refractivity contribution in [2.45, 2.75) is 19.8 Å². The van der Waals surface area contributed by atoms with Crippen LogP contribution < -0.4 is 15.8 Å². The summed E-state index contributed by atoms with van der Waals surface area (Å²) in [6.07, 6.45) is -0.595. The maximum absolute atomic E-state index is 12.2. The quantitative estimate of drug-likeness (QED) is 0.670. The number of nitrogen functional groups attached to an aromatic ring is 1. The molecule has 0 spiro atoms. The molecule has 0 fully saturated rings. The molecule has 0 saturated heterocycles. The highest BCUT2D eigenvalue weighted by molar-refractivity contribution is 5.87. The van der Waals surface area contributed by atoms with Crippen LogP contribution in [-0.4, -0.2) is 17.8 Å². The van der Waals surface area contributed by atoms with Crippen molar-refractivity contribution >= 4 is 17.5 Å². The lowest BCUT2D eigenvalue weighted by atomic mass is 10.2. The Hall–Kier alpha value is -3.96. The third-order valence-electron chi connectivity index (χ3n) is 4.91. The van der Waals surface area contributed by atoms with Crippen molar-refractivity contribution in [3.05, 3.63) is 71.0 Å². The Balaban J connectivity index is 1.57. The van der Waals surface area contributed by atoms with E-state index in [0.717, 1.165) is 16.8 Å². The summed E-state index contributed by atoms with van der Waals surface area (Å²) in [5, 5.41) is 12.3. The summed E-state index contributed by atoms with van der Waals surface area (Å²) in [6.45, 7) is 0.912. The standard InChI is InChI=1S/C22H20N4O4/c1-28-20-9-15(26-18(10-23)21(24)16-12-29-13-19(16)26)7-8-17(20)25-22(27)30-11-14-5-3-2-4-6-14/h2-9H,11-13,24H2,1H3,(H,25,27). The number of aromatic nitrogens is 1. The molecule has 0 saturated carbocycles. The van der Waals surface area contributed by atoms with E-state index in [1.54, 1.807) is 22.8 Å². The first-order chi connectivity index (χ1) is 14.6. The summed E-state index contributed by atoms with van der Waals surface area (Å²) in [5.74, 6) is 0.424. The number of carbonyl (C=O) groups is 1. The fourth-order valence-corrected chi connectivity index (χ4v) is 3.44. The third-order valence-corrected chi connectivity index (χ3v) is 4.91. The first kappa shape index (κ1) is 19.4. The van der Waals surface area contributed by atoms with Crippen molar-refractivity contribution in [1.82, 2.24) is 4.57 Å². The van der Waals surface area contributed by atoms with E-state index in [4.69, 9.17) is 19.9 Å². The van der Waals surface area contributed by atoms with Crippen molar-refractivity contribution in [3.8, 4) is 17.5 Å². The van der Waals surface area contributed by atoms with E-state index in [1.165, 1.54) is 7.11 Å². The number of fused-ring (bicyclic) bond motifs is 1. The van der Waals surface area contributed by atoms with Gasteiger partial charge < -0.3 is 24.5 Å². The van der Waals surface area contributed by atoms with Crippen LogP contribution in [0.15, 0.2) is 48.5 Å². The number of nitrogens with two attached hydrogens (primary N) is 1. The summed E-state index contributed by atoms with van der Waals surface area (Å²) < 4.78 is 17.9. The van der Waals surface area contributed by atoms with Crippen molar-refractivity contribution in [3.63, 3.8) is 0 Å². The zero-order chi connectivity index (χ0) is 21.1. The maximum Gasteiger partial charge on any atom is 0.412 e. The van der Waals surface area contributed by atoms with Crippen LogP contribution in [0.2, 0.25) is 0 Å². The molecular formula is C22H20N4O4. The molecule has 8 heteroatoms. The minimum atomic E-state index is -0.595. The van der Waals surface area contributed by atoms with Crippen LogP contribution in [0.5, 0.6) is 5.75 Å². The molecule has 1 aliphatic heterocycles. The van der Waals surface area contributed by atoms with Crippen LogP contribution in [0.3, 0.4) is 0 Å². The van der Waals surface area contributed by atoms with Crippen molar-refractivity contribution < 1.29 is 19.0 Å². The molecule has 0 aliphatic carbocycles. The average molecular weight is 404 g/mol. The lowest BCUT2D eigenvalue weighted by molar-refractivity contribution is 0.132. The van der Waals surface area contributed by atoms with E-state index in [2.05, 4.69) is 11.4 Å². The molecule has 3 aromatic rings. The Morgan fingerprint density at radius 1 is 1.27 bits per heavy atom. The van der Waals surface area contributed by atoms with Gasteiger partial charge in [-0.3, -0.25) is 5.32 Å². The largest absolute Gasteiger partial charge is 0.494 e. The molecule has 0 bridgehead atoms. The number of anilines is 2. The Labute approximate surface area is 173 Å². The van der Waals surface area contributed by atoms with Gasteiger partial charge in [0.15, 0.2) is 0 Å². The number of nitrogens with one attached hydrogen (secondary N) is 1. The summed E-state index contributed by atoms with van der Waals surface area (Å²) >= 11 is 0.